The summed E-state index contributed by atoms with van der Waals surface area (Å²) < 4.78 is 27.2. The molecule has 3 aromatic rings. The molecule has 6 rings (SSSR count). The summed E-state index contributed by atoms with van der Waals surface area (Å²) in [6, 6.07) is 16.5. The van der Waals surface area contributed by atoms with Crippen LogP contribution in [0, 0.1) is 5.82 Å². The Kier molecular flexibility index (Phi) is 11.2. The number of nitrogens with zero attached hydrogens (tertiary/aromatic N) is 4. The van der Waals surface area contributed by atoms with Gasteiger partial charge in [0.25, 0.3) is 5.91 Å². The van der Waals surface area contributed by atoms with E-state index >= 15 is 0 Å². The van der Waals surface area contributed by atoms with E-state index in [9.17, 15) is 9.18 Å². The summed E-state index contributed by atoms with van der Waals surface area (Å²) in [5.74, 6) is -0.174. The van der Waals surface area contributed by atoms with Crippen molar-refractivity contribution in [2.75, 3.05) is 52.5 Å². The van der Waals surface area contributed by atoms with Crippen LogP contribution in [0.2, 0.25) is 0 Å². The van der Waals surface area contributed by atoms with Gasteiger partial charge in [0, 0.05) is 81.6 Å². The Balaban J connectivity index is 1.38. The summed E-state index contributed by atoms with van der Waals surface area (Å²) >= 11 is 0. The average molecular weight is 645 g/mol. The number of nitrogens with one attached hydrogen (secondary N) is 1. The zero-order chi connectivity index (χ0) is 32.8. The Hall–Kier alpha value is -3.41. The van der Waals surface area contributed by atoms with E-state index in [2.05, 4.69) is 63.1 Å². The van der Waals surface area contributed by atoms with Gasteiger partial charge in [0.15, 0.2) is 0 Å². The second-order valence-corrected chi connectivity index (χ2v) is 13.4. The maximum atomic E-state index is 14.7. The lowest BCUT2D eigenvalue weighted by Crippen LogP contribution is -2.48. The van der Waals surface area contributed by atoms with Crippen molar-refractivity contribution in [1.29, 1.82) is 0 Å². The number of amides is 1. The van der Waals surface area contributed by atoms with Gasteiger partial charge in [0.2, 0.25) is 5.88 Å². The average Bonchev–Trinajstić information content (AvgIpc) is 3.09. The first-order valence-corrected chi connectivity index (χ1v) is 17.2. The van der Waals surface area contributed by atoms with Crippen LogP contribution in [0.4, 0.5) is 4.39 Å². The van der Waals surface area contributed by atoms with Gasteiger partial charge in [-0.3, -0.25) is 19.5 Å². The lowest BCUT2D eigenvalue weighted by Gasteiger charge is -2.37. The molecule has 3 heterocycles. The molecule has 0 unspecified atom stereocenters. The van der Waals surface area contributed by atoms with Gasteiger partial charge < -0.3 is 20.5 Å². The standard InChI is InChI=1S/C37H49FN6O3/c1-26(2)44-16-14-42(15-17-44)24-28-8-13-32(27-6-4-3-5-7-27)34(25-43-18-20-46-21-19-43)35(28)47-37-33(22-29(38)23-40-37)36(45)41-31-11-9-30(39)10-12-31/h3-8,13,22-23,26,30-31H,9-12,14-21,24-25,39H2,1-2H3,(H,41,45). The Bertz CT molecular complexity index is 1480. The van der Waals surface area contributed by atoms with Gasteiger partial charge >= 0.3 is 0 Å². The molecule has 1 saturated carbocycles. The van der Waals surface area contributed by atoms with Crippen molar-refractivity contribution in [2.45, 2.75) is 70.7 Å². The zero-order valence-electron chi connectivity index (χ0n) is 27.8. The highest BCUT2D eigenvalue weighted by atomic mass is 19.1. The van der Waals surface area contributed by atoms with Crippen LogP contribution in [0.5, 0.6) is 11.6 Å². The monoisotopic (exact) mass is 644 g/mol. The maximum Gasteiger partial charge on any atom is 0.257 e. The van der Waals surface area contributed by atoms with E-state index in [0.717, 1.165) is 93.4 Å². The minimum atomic E-state index is -0.581. The second-order valence-electron chi connectivity index (χ2n) is 13.4. The van der Waals surface area contributed by atoms with E-state index < -0.39 is 5.82 Å². The molecule has 1 aliphatic carbocycles. The van der Waals surface area contributed by atoms with E-state index in [1.807, 2.05) is 18.2 Å². The van der Waals surface area contributed by atoms with E-state index in [4.69, 9.17) is 15.2 Å². The number of hydrogen-bond donors (Lipinski definition) is 2. The third-order valence-electron chi connectivity index (χ3n) is 9.81. The highest BCUT2D eigenvalue weighted by molar-refractivity contribution is 5.96. The first kappa shape index (κ1) is 33.5. The Morgan fingerprint density at radius 3 is 2.38 bits per heavy atom. The van der Waals surface area contributed by atoms with E-state index in [-0.39, 0.29) is 29.4 Å². The van der Waals surface area contributed by atoms with Crippen molar-refractivity contribution < 1.29 is 18.7 Å². The predicted octanol–water partition coefficient (Wildman–Crippen LogP) is 5.04. The number of piperazine rings is 1. The number of carbonyl (C=O) groups is 1. The molecular weight excluding hydrogens is 595 g/mol. The maximum absolute atomic E-state index is 14.7. The molecule has 3 N–H and O–H groups in total. The van der Waals surface area contributed by atoms with Crippen LogP contribution in [0.15, 0.2) is 54.7 Å². The minimum absolute atomic E-state index is 0.0169. The summed E-state index contributed by atoms with van der Waals surface area (Å²) in [5.41, 5.74) is 10.4. The lowest BCUT2D eigenvalue weighted by atomic mass is 9.91. The molecule has 1 aromatic heterocycles. The number of halogens is 1. The quantitative estimate of drug-likeness (QED) is 0.317. The van der Waals surface area contributed by atoms with Gasteiger partial charge in [-0.25, -0.2) is 9.37 Å². The molecule has 1 amide bonds. The van der Waals surface area contributed by atoms with Crippen LogP contribution in [-0.4, -0.2) is 96.2 Å². The van der Waals surface area contributed by atoms with Crippen molar-refractivity contribution in [3.05, 3.63) is 77.2 Å². The molecule has 2 aromatic carbocycles. The minimum Gasteiger partial charge on any atom is -0.437 e. The molecule has 0 atom stereocenters. The number of rotatable bonds is 10. The zero-order valence-corrected chi connectivity index (χ0v) is 27.8. The molecular formula is C37H49FN6O3. The third-order valence-corrected chi connectivity index (χ3v) is 9.81. The number of hydrogen-bond acceptors (Lipinski definition) is 8. The number of morpholine rings is 1. The Morgan fingerprint density at radius 2 is 1.68 bits per heavy atom. The van der Waals surface area contributed by atoms with Gasteiger partial charge in [-0.2, -0.15) is 0 Å². The van der Waals surface area contributed by atoms with E-state index in [1.54, 1.807) is 0 Å². The topological polar surface area (TPSA) is 96.2 Å². The highest BCUT2D eigenvalue weighted by Crippen LogP contribution is 2.39. The Morgan fingerprint density at radius 1 is 0.979 bits per heavy atom. The number of carbonyl (C=O) groups excluding carboxylic acids is 1. The van der Waals surface area contributed by atoms with Crippen LogP contribution in [0.1, 0.15) is 61.0 Å². The predicted molar refractivity (Wildman–Crippen MR) is 182 cm³/mol. The molecule has 10 heteroatoms. The smallest absolute Gasteiger partial charge is 0.257 e. The SMILES string of the molecule is CC(C)N1CCN(Cc2ccc(-c3ccccc3)c(CN3CCOCC3)c2Oc2ncc(F)cc2C(=O)NC2CCC(N)CC2)CC1. The molecule has 0 bridgehead atoms. The fourth-order valence-corrected chi connectivity index (χ4v) is 6.93. The molecule has 0 spiro atoms. The number of nitrogens with two attached hydrogens (primary N) is 1. The van der Waals surface area contributed by atoms with Crippen LogP contribution < -0.4 is 15.8 Å². The molecule has 3 aliphatic rings. The first-order valence-electron chi connectivity index (χ1n) is 17.2. The lowest BCUT2D eigenvalue weighted by molar-refractivity contribution is 0.0339. The molecule has 3 fully saturated rings. The van der Waals surface area contributed by atoms with Crippen LogP contribution in [0.3, 0.4) is 0 Å². The van der Waals surface area contributed by atoms with Crippen molar-refractivity contribution in [3.63, 3.8) is 0 Å². The number of benzene rings is 2. The second kappa shape index (κ2) is 15.7. The molecule has 47 heavy (non-hydrogen) atoms. The van der Waals surface area contributed by atoms with E-state index in [0.29, 0.717) is 38.1 Å². The number of aromatic nitrogens is 1. The molecule has 2 saturated heterocycles. The van der Waals surface area contributed by atoms with Crippen molar-refractivity contribution in [2.24, 2.45) is 5.73 Å². The molecule has 2 aliphatic heterocycles. The summed E-state index contributed by atoms with van der Waals surface area (Å²) in [5, 5.41) is 3.10. The van der Waals surface area contributed by atoms with Crippen LogP contribution in [0.25, 0.3) is 11.1 Å². The third kappa shape index (κ3) is 8.55. The van der Waals surface area contributed by atoms with Crippen LogP contribution >= 0.6 is 0 Å². The first-order chi connectivity index (χ1) is 22.8. The fraction of sp³-hybridized carbons (Fsp3) is 0.514. The summed E-state index contributed by atoms with van der Waals surface area (Å²) in [6.45, 7) is 12.7. The van der Waals surface area contributed by atoms with Crippen LogP contribution in [-0.2, 0) is 17.8 Å². The van der Waals surface area contributed by atoms with E-state index in [1.165, 1.54) is 6.07 Å². The fourth-order valence-electron chi connectivity index (χ4n) is 6.93. The largest absolute Gasteiger partial charge is 0.437 e. The number of ether oxygens (including phenoxy) is 2. The molecule has 9 nitrogen and oxygen atoms in total. The van der Waals surface area contributed by atoms with Gasteiger partial charge in [0.05, 0.1) is 19.4 Å². The van der Waals surface area contributed by atoms with Crippen molar-refractivity contribution in [1.82, 2.24) is 25.0 Å². The summed E-state index contributed by atoms with van der Waals surface area (Å²) in [6.07, 6.45) is 4.41. The van der Waals surface area contributed by atoms with Crippen molar-refractivity contribution >= 4 is 5.91 Å². The molecule has 252 valence electrons. The summed E-state index contributed by atoms with van der Waals surface area (Å²) in [4.78, 5) is 25.4. The number of pyridine rings is 1. The summed E-state index contributed by atoms with van der Waals surface area (Å²) in [7, 11) is 0. The van der Waals surface area contributed by atoms with Gasteiger partial charge in [-0.15, -0.1) is 0 Å². The van der Waals surface area contributed by atoms with Gasteiger partial charge in [0.1, 0.15) is 17.1 Å². The van der Waals surface area contributed by atoms with Gasteiger partial charge in [-0.05, 0) is 56.7 Å². The molecule has 0 radical (unpaired) electrons. The van der Waals surface area contributed by atoms with Crippen molar-refractivity contribution in [3.8, 4) is 22.8 Å². The van der Waals surface area contributed by atoms with Gasteiger partial charge in [-0.1, -0.05) is 42.5 Å². The normalized spacial score (nSPS) is 21.6. The Labute approximate surface area is 278 Å². The highest BCUT2D eigenvalue weighted by Gasteiger charge is 2.27.